The molecule has 1 amide bonds. The highest BCUT2D eigenvalue weighted by molar-refractivity contribution is 5.78. The predicted molar refractivity (Wildman–Crippen MR) is 66.0 cm³/mol. The Balaban J connectivity index is 2.36. The maximum atomic E-state index is 11.5. The Morgan fingerprint density at radius 1 is 1.44 bits per heavy atom. The molecule has 0 aromatic heterocycles. The van der Waals surface area contributed by atoms with E-state index in [-0.39, 0.29) is 5.91 Å². The number of hydrogen-bond acceptors (Lipinski definition) is 1. The average Bonchev–Trinajstić information content (AvgIpc) is 2.24. The molecule has 1 aromatic carbocycles. The topological polar surface area (TPSA) is 29.1 Å². The van der Waals surface area contributed by atoms with Crippen LogP contribution in [-0.4, -0.2) is 12.5 Å². The van der Waals surface area contributed by atoms with Crippen molar-refractivity contribution in [3.05, 3.63) is 35.4 Å². The fourth-order valence-corrected chi connectivity index (χ4v) is 1.46. The molecule has 0 unspecified atom stereocenters. The number of rotatable bonds is 4. The number of carbonyl (C=O) groups is 1. The van der Waals surface area contributed by atoms with Crippen LogP contribution in [0.1, 0.15) is 24.5 Å². The summed E-state index contributed by atoms with van der Waals surface area (Å²) in [6.45, 7) is 4.46. The van der Waals surface area contributed by atoms with Crippen LogP contribution in [0.4, 0.5) is 0 Å². The smallest absolute Gasteiger partial charge is 0.224 e. The first-order chi connectivity index (χ1) is 7.72. The van der Waals surface area contributed by atoms with Crippen molar-refractivity contribution in [3.8, 4) is 11.8 Å². The highest BCUT2D eigenvalue weighted by Crippen LogP contribution is 2.04. The number of hydrogen-bond donors (Lipinski definition) is 1. The average molecular weight is 215 g/mol. The molecule has 1 rings (SSSR count). The molecule has 1 aromatic rings. The maximum absolute atomic E-state index is 11.5. The first-order valence-electron chi connectivity index (χ1n) is 5.44. The van der Waals surface area contributed by atoms with Crippen LogP contribution in [-0.2, 0) is 11.2 Å². The van der Waals surface area contributed by atoms with Crippen molar-refractivity contribution < 1.29 is 4.79 Å². The van der Waals surface area contributed by atoms with E-state index in [1.165, 1.54) is 5.56 Å². The molecule has 16 heavy (non-hydrogen) atoms. The molecular weight excluding hydrogens is 198 g/mol. The van der Waals surface area contributed by atoms with Crippen LogP contribution in [0.2, 0.25) is 0 Å². The lowest BCUT2D eigenvalue weighted by Gasteiger charge is -2.03. The standard InChI is InChI=1S/C14H17NO/c1-3-4-5-9-15-14(16)11-13-8-6-7-12(2)10-13/h6-8,10H,5,9,11H2,1-2H3,(H,15,16). The van der Waals surface area contributed by atoms with Gasteiger partial charge in [0.1, 0.15) is 0 Å². The minimum Gasteiger partial charge on any atom is -0.355 e. The van der Waals surface area contributed by atoms with Gasteiger partial charge in [0.25, 0.3) is 0 Å². The number of aryl methyl sites for hydroxylation is 1. The van der Waals surface area contributed by atoms with Crippen LogP contribution in [0.5, 0.6) is 0 Å². The van der Waals surface area contributed by atoms with Crippen LogP contribution in [0.3, 0.4) is 0 Å². The third-order valence-corrected chi connectivity index (χ3v) is 2.20. The molecule has 0 radical (unpaired) electrons. The van der Waals surface area contributed by atoms with Gasteiger partial charge in [-0.2, -0.15) is 0 Å². The molecule has 0 bridgehead atoms. The van der Waals surface area contributed by atoms with Gasteiger partial charge in [-0.25, -0.2) is 0 Å². The summed E-state index contributed by atoms with van der Waals surface area (Å²) in [5.74, 6) is 5.77. The molecule has 0 saturated carbocycles. The van der Waals surface area contributed by atoms with E-state index in [4.69, 9.17) is 0 Å². The van der Waals surface area contributed by atoms with Gasteiger partial charge in [0.2, 0.25) is 5.91 Å². The number of nitrogens with one attached hydrogen (secondary N) is 1. The van der Waals surface area contributed by atoms with Gasteiger partial charge in [-0.05, 0) is 19.4 Å². The van der Waals surface area contributed by atoms with Crippen molar-refractivity contribution in [1.29, 1.82) is 0 Å². The maximum Gasteiger partial charge on any atom is 0.224 e. The summed E-state index contributed by atoms with van der Waals surface area (Å²) in [6, 6.07) is 8.00. The van der Waals surface area contributed by atoms with E-state index in [2.05, 4.69) is 17.2 Å². The van der Waals surface area contributed by atoms with Gasteiger partial charge in [-0.1, -0.05) is 29.8 Å². The third kappa shape index (κ3) is 4.65. The summed E-state index contributed by atoms with van der Waals surface area (Å²) in [5.41, 5.74) is 2.24. The molecule has 0 aliphatic carbocycles. The molecule has 0 spiro atoms. The van der Waals surface area contributed by atoms with Crippen LogP contribution in [0.25, 0.3) is 0 Å². The summed E-state index contributed by atoms with van der Waals surface area (Å²) in [6.07, 6.45) is 1.16. The van der Waals surface area contributed by atoms with E-state index in [1.54, 1.807) is 6.92 Å². The SMILES string of the molecule is CC#CCCNC(=O)Cc1cccc(C)c1. The lowest BCUT2D eigenvalue weighted by Crippen LogP contribution is -2.25. The second-order valence-electron chi connectivity index (χ2n) is 3.69. The molecule has 2 heteroatoms. The van der Waals surface area contributed by atoms with Crippen molar-refractivity contribution in [2.24, 2.45) is 0 Å². The third-order valence-electron chi connectivity index (χ3n) is 2.20. The largest absolute Gasteiger partial charge is 0.355 e. The first-order valence-corrected chi connectivity index (χ1v) is 5.44. The van der Waals surface area contributed by atoms with Crippen LogP contribution >= 0.6 is 0 Å². The predicted octanol–water partition coefficient (Wildman–Crippen LogP) is 2.07. The zero-order valence-corrected chi connectivity index (χ0v) is 9.84. The highest BCUT2D eigenvalue weighted by Gasteiger charge is 2.01. The fourth-order valence-electron chi connectivity index (χ4n) is 1.46. The van der Waals surface area contributed by atoms with Crippen molar-refractivity contribution in [2.45, 2.75) is 26.7 Å². The van der Waals surface area contributed by atoms with E-state index in [0.717, 1.165) is 12.0 Å². The Bertz CT molecular complexity index is 412. The molecule has 1 N–H and O–H groups in total. The van der Waals surface area contributed by atoms with Gasteiger partial charge in [0.15, 0.2) is 0 Å². The van der Waals surface area contributed by atoms with Gasteiger partial charge in [0.05, 0.1) is 6.42 Å². The molecule has 2 nitrogen and oxygen atoms in total. The Morgan fingerprint density at radius 2 is 2.25 bits per heavy atom. The Labute approximate surface area is 97.1 Å². The monoisotopic (exact) mass is 215 g/mol. The molecule has 0 aliphatic heterocycles. The van der Waals surface area contributed by atoms with Gasteiger partial charge < -0.3 is 5.32 Å². The van der Waals surface area contributed by atoms with Gasteiger partial charge in [-0.3, -0.25) is 4.79 Å². The minimum atomic E-state index is 0.0588. The van der Waals surface area contributed by atoms with E-state index >= 15 is 0 Å². The molecule has 0 saturated heterocycles. The lowest BCUT2D eigenvalue weighted by atomic mass is 10.1. The molecule has 0 aliphatic rings. The lowest BCUT2D eigenvalue weighted by molar-refractivity contribution is -0.120. The van der Waals surface area contributed by atoms with Gasteiger partial charge >= 0.3 is 0 Å². The molecule has 0 heterocycles. The Morgan fingerprint density at radius 3 is 2.94 bits per heavy atom. The summed E-state index contributed by atoms with van der Waals surface area (Å²) < 4.78 is 0. The quantitative estimate of drug-likeness (QED) is 0.604. The summed E-state index contributed by atoms with van der Waals surface area (Å²) in [5, 5.41) is 2.84. The number of amides is 1. The Kier molecular flexibility index (Phi) is 5.15. The van der Waals surface area contributed by atoms with Crippen molar-refractivity contribution in [2.75, 3.05) is 6.54 Å². The van der Waals surface area contributed by atoms with Crippen LogP contribution in [0.15, 0.2) is 24.3 Å². The van der Waals surface area contributed by atoms with E-state index in [1.807, 2.05) is 31.2 Å². The summed E-state index contributed by atoms with van der Waals surface area (Å²) in [7, 11) is 0. The van der Waals surface area contributed by atoms with Gasteiger partial charge in [0, 0.05) is 13.0 Å². The zero-order chi connectivity index (χ0) is 11.8. The second-order valence-corrected chi connectivity index (χ2v) is 3.69. The van der Waals surface area contributed by atoms with Crippen molar-refractivity contribution >= 4 is 5.91 Å². The number of carbonyl (C=O) groups excluding carboxylic acids is 1. The van der Waals surface area contributed by atoms with Crippen molar-refractivity contribution in [1.82, 2.24) is 5.32 Å². The molecule has 0 fully saturated rings. The summed E-state index contributed by atoms with van der Waals surface area (Å²) >= 11 is 0. The van der Waals surface area contributed by atoms with Crippen molar-refractivity contribution in [3.63, 3.8) is 0 Å². The van der Waals surface area contributed by atoms with E-state index in [9.17, 15) is 4.79 Å². The van der Waals surface area contributed by atoms with E-state index in [0.29, 0.717) is 13.0 Å². The highest BCUT2D eigenvalue weighted by atomic mass is 16.1. The fraction of sp³-hybridized carbons (Fsp3) is 0.357. The van der Waals surface area contributed by atoms with Gasteiger partial charge in [-0.15, -0.1) is 11.8 Å². The minimum absolute atomic E-state index is 0.0588. The molecule has 84 valence electrons. The second kappa shape index (κ2) is 6.68. The molecular formula is C14H17NO. The van der Waals surface area contributed by atoms with E-state index < -0.39 is 0 Å². The zero-order valence-electron chi connectivity index (χ0n) is 9.84. The summed E-state index contributed by atoms with van der Waals surface area (Å²) in [4.78, 5) is 11.5. The van der Waals surface area contributed by atoms with Crippen LogP contribution in [0, 0.1) is 18.8 Å². The Hall–Kier alpha value is -1.75. The number of benzene rings is 1. The first kappa shape index (κ1) is 12.3. The normalized spacial score (nSPS) is 9.12. The van der Waals surface area contributed by atoms with Crippen LogP contribution < -0.4 is 5.32 Å². The molecule has 0 atom stereocenters.